The standard InChI is InChI=1S/C29H29ClN4S/c1-5-21-12-14-22(15-13-21)34-28(27(32-29(34)35)25-10-6-7-16-31-25)23-17-18(2)33(20(23)4)26-11-8-9-24(30)19(26)3/h6-17,27-28H,5H2,1-4H3,(H,32,35)/t27-,28+/m1/s1. The summed E-state index contributed by atoms with van der Waals surface area (Å²) < 4.78 is 2.30. The third-order valence-corrected chi connectivity index (χ3v) is 7.71. The average molecular weight is 501 g/mol. The lowest BCUT2D eigenvalue weighted by Crippen LogP contribution is -2.29. The molecule has 0 aliphatic carbocycles. The molecule has 3 heterocycles. The molecule has 0 saturated carbocycles. The fourth-order valence-corrected chi connectivity index (χ4v) is 5.65. The summed E-state index contributed by atoms with van der Waals surface area (Å²) >= 11 is 12.4. The fraction of sp³-hybridized carbons (Fsp3) is 0.241. The first-order chi connectivity index (χ1) is 16.9. The number of aryl methyl sites for hydroxylation is 2. The summed E-state index contributed by atoms with van der Waals surface area (Å²) in [5.74, 6) is 0. The summed E-state index contributed by atoms with van der Waals surface area (Å²) in [6.07, 6.45) is 2.84. The lowest BCUT2D eigenvalue weighted by atomic mass is 9.96. The minimum absolute atomic E-state index is 0.0516. The van der Waals surface area contributed by atoms with Crippen LogP contribution in [0.4, 0.5) is 5.69 Å². The second-order valence-electron chi connectivity index (χ2n) is 9.06. The third-order valence-electron chi connectivity index (χ3n) is 6.99. The average Bonchev–Trinajstić information content (AvgIpc) is 3.36. The van der Waals surface area contributed by atoms with Gasteiger partial charge in [0.05, 0.1) is 17.8 Å². The zero-order valence-electron chi connectivity index (χ0n) is 20.4. The van der Waals surface area contributed by atoms with Gasteiger partial charge in [-0.2, -0.15) is 0 Å². The smallest absolute Gasteiger partial charge is 0.174 e. The van der Waals surface area contributed by atoms with Gasteiger partial charge >= 0.3 is 0 Å². The minimum atomic E-state index is -0.0797. The van der Waals surface area contributed by atoms with Crippen molar-refractivity contribution in [2.45, 2.75) is 46.2 Å². The molecular formula is C29H29ClN4S. The molecule has 4 aromatic rings. The van der Waals surface area contributed by atoms with E-state index in [9.17, 15) is 0 Å². The topological polar surface area (TPSA) is 33.1 Å². The first-order valence-electron chi connectivity index (χ1n) is 11.9. The Hall–Kier alpha value is -3.15. The normalized spacial score (nSPS) is 17.6. The van der Waals surface area contributed by atoms with Gasteiger partial charge in [0.2, 0.25) is 0 Å². The summed E-state index contributed by atoms with van der Waals surface area (Å²) in [5, 5.41) is 5.05. The number of aromatic nitrogens is 2. The van der Waals surface area contributed by atoms with Gasteiger partial charge in [0.25, 0.3) is 0 Å². The molecule has 178 valence electrons. The second-order valence-corrected chi connectivity index (χ2v) is 9.86. The molecule has 35 heavy (non-hydrogen) atoms. The van der Waals surface area contributed by atoms with E-state index in [0.29, 0.717) is 5.11 Å². The van der Waals surface area contributed by atoms with Crippen LogP contribution in [0.15, 0.2) is 72.9 Å². The number of thiocarbonyl (C=S) groups is 1. The van der Waals surface area contributed by atoms with Crippen LogP contribution in [-0.2, 0) is 6.42 Å². The van der Waals surface area contributed by atoms with Crippen molar-refractivity contribution in [3.63, 3.8) is 0 Å². The van der Waals surface area contributed by atoms with Gasteiger partial charge in [0.15, 0.2) is 5.11 Å². The Bertz CT molecular complexity index is 1380. The van der Waals surface area contributed by atoms with Gasteiger partial charge in [0.1, 0.15) is 0 Å². The van der Waals surface area contributed by atoms with Gasteiger partial charge in [-0.1, -0.05) is 42.8 Å². The molecule has 2 aromatic heterocycles. The van der Waals surface area contributed by atoms with Crippen molar-refractivity contribution in [2.75, 3.05) is 4.90 Å². The molecule has 0 bridgehead atoms. The Morgan fingerprint density at radius 2 is 1.77 bits per heavy atom. The monoisotopic (exact) mass is 500 g/mol. The van der Waals surface area contributed by atoms with Crippen LogP contribution in [-0.4, -0.2) is 14.7 Å². The van der Waals surface area contributed by atoms with Crippen LogP contribution < -0.4 is 10.2 Å². The molecule has 1 aliphatic heterocycles. The van der Waals surface area contributed by atoms with E-state index in [-0.39, 0.29) is 12.1 Å². The number of hydrogen-bond donors (Lipinski definition) is 1. The van der Waals surface area contributed by atoms with Crippen molar-refractivity contribution < 1.29 is 0 Å². The Balaban J connectivity index is 1.68. The van der Waals surface area contributed by atoms with Gasteiger partial charge in [0, 0.05) is 34.0 Å². The molecule has 2 aromatic carbocycles. The van der Waals surface area contributed by atoms with E-state index in [0.717, 1.165) is 39.8 Å². The molecule has 1 aliphatic rings. The summed E-state index contributed by atoms with van der Waals surface area (Å²) in [6.45, 7) is 8.57. The molecule has 0 amide bonds. The number of rotatable bonds is 5. The first kappa shape index (κ1) is 23.6. The zero-order chi connectivity index (χ0) is 24.7. The summed E-state index contributed by atoms with van der Waals surface area (Å²) in [6, 6.07) is 23.0. The number of pyridine rings is 1. The quantitative estimate of drug-likeness (QED) is 0.294. The molecule has 2 atom stereocenters. The SMILES string of the molecule is CCc1ccc(N2C(=S)N[C@H](c3ccccn3)[C@@H]2c2cc(C)n(-c3cccc(Cl)c3C)c2C)cc1. The van der Waals surface area contributed by atoms with E-state index < -0.39 is 0 Å². The number of nitrogens with zero attached hydrogens (tertiary/aromatic N) is 3. The summed E-state index contributed by atoms with van der Waals surface area (Å²) in [7, 11) is 0. The largest absolute Gasteiger partial charge is 0.351 e. The van der Waals surface area contributed by atoms with E-state index in [4.69, 9.17) is 28.8 Å². The third kappa shape index (κ3) is 4.13. The number of halogens is 1. The van der Waals surface area contributed by atoms with Gasteiger partial charge in [-0.15, -0.1) is 0 Å². The maximum Gasteiger partial charge on any atom is 0.174 e. The second kappa shape index (κ2) is 9.48. The van der Waals surface area contributed by atoms with Crippen molar-refractivity contribution in [1.29, 1.82) is 0 Å². The van der Waals surface area contributed by atoms with Gasteiger partial charge < -0.3 is 14.8 Å². The van der Waals surface area contributed by atoms with Crippen LogP contribution in [0.3, 0.4) is 0 Å². The lowest BCUT2D eigenvalue weighted by molar-refractivity contribution is 0.565. The van der Waals surface area contributed by atoms with Crippen LogP contribution in [0.2, 0.25) is 5.02 Å². The van der Waals surface area contributed by atoms with Crippen molar-refractivity contribution in [2.24, 2.45) is 0 Å². The molecular weight excluding hydrogens is 472 g/mol. The minimum Gasteiger partial charge on any atom is -0.351 e. The number of hydrogen-bond acceptors (Lipinski definition) is 2. The lowest BCUT2D eigenvalue weighted by Gasteiger charge is -2.28. The molecule has 5 rings (SSSR count). The highest BCUT2D eigenvalue weighted by molar-refractivity contribution is 7.80. The highest BCUT2D eigenvalue weighted by atomic mass is 35.5. The van der Waals surface area contributed by atoms with E-state index in [2.05, 4.69) is 84.9 Å². The molecule has 4 nitrogen and oxygen atoms in total. The maximum absolute atomic E-state index is 6.50. The Labute approximate surface area is 217 Å². The maximum atomic E-state index is 6.50. The van der Waals surface area contributed by atoms with Gasteiger partial charge in [-0.05, 0) is 98.6 Å². The van der Waals surface area contributed by atoms with Crippen LogP contribution in [0.1, 0.15) is 52.8 Å². The van der Waals surface area contributed by atoms with Crippen LogP contribution in [0.5, 0.6) is 0 Å². The number of nitrogens with one attached hydrogen (secondary N) is 1. The van der Waals surface area contributed by atoms with Crippen molar-refractivity contribution in [1.82, 2.24) is 14.9 Å². The van der Waals surface area contributed by atoms with Crippen molar-refractivity contribution in [3.05, 3.63) is 112 Å². The van der Waals surface area contributed by atoms with E-state index in [1.165, 1.54) is 16.8 Å². The Morgan fingerprint density at radius 3 is 2.46 bits per heavy atom. The molecule has 1 N–H and O–H groups in total. The predicted molar refractivity (Wildman–Crippen MR) is 149 cm³/mol. The molecule has 6 heteroatoms. The van der Waals surface area contributed by atoms with E-state index in [1.54, 1.807) is 0 Å². The zero-order valence-corrected chi connectivity index (χ0v) is 22.0. The highest BCUT2D eigenvalue weighted by Gasteiger charge is 2.42. The molecule has 0 spiro atoms. The molecule has 1 saturated heterocycles. The number of benzene rings is 2. The molecule has 0 unspecified atom stereocenters. The van der Waals surface area contributed by atoms with Crippen LogP contribution in [0, 0.1) is 20.8 Å². The van der Waals surface area contributed by atoms with Crippen LogP contribution in [0.25, 0.3) is 5.69 Å². The number of anilines is 1. The fourth-order valence-electron chi connectivity index (χ4n) is 5.14. The summed E-state index contributed by atoms with van der Waals surface area (Å²) in [4.78, 5) is 6.94. The van der Waals surface area contributed by atoms with Crippen LogP contribution >= 0.6 is 23.8 Å². The Kier molecular flexibility index (Phi) is 6.39. The molecule has 1 fully saturated rings. The first-order valence-corrected chi connectivity index (χ1v) is 12.7. The van der Waals surface area contributed by atoms with Crippen molar-refractivity contribution >= 4 is 34.6 Å². The highest BCUT2D eigenvalue weighted by Crippen LogP contribution is 2.44. The van der Waals surface area contributed by atoms with E-state index in [1.807, 2.05) is 30.5 Å². The van der Waals surface area contributed by atoms with Gasteiger partial charge in [-0.25, -0.2) is 0 Å². The molecule has 0 radical (unpaired) electrons. The Morgan fingerprint density at radius 1 is 1.00 bits per heavy atom. The summed E-state index contributed by atoms with van der Waals surface area (Å²) in [5.41, 5.74) is 9.05. The van der Waals surface area contributed by atoms with E-state index >= 15 is 0 Å². The van der Waals surface area contributed by atoms with Gasteiger partial charge in [-0.3, -0.25) is 4.98 Å². The van der Waals surface area contributed by atoms with Crippen molar-refractivity contribution in [3.8, 4) is 5.69 Å². The predicted octanol–water partition coefficient (Wildman–Crippen LogP) is 7.19.